The molecule has 0 aromatic heterocycles. The van der Waals surface area contributed by atoms with Crippen LogP contribution in [-0.4, -0.2) is 55.0 Å². The number of rotatable bonds is 8. The van der Waals surface area contributed by atoms with Crippen LogP contribution >= 0.6 is 0 Å². The number of nitrogens with zero attached hydrogens (tertiary/aromatic N) is 1. The Kier molecular flexibility index (Phi) is 7.99. The zero-order valence-electron chi connectivity index (χ0n) is 20.3. The Balaban J connectivity index is 1.97. The van der Waals surface area contributed by atoms with Crippen molar-refractivity contribution < 1.29 is 37.3 Å². The average molecular weight is 511 g/mol. The Morgan fingerprint density at radius 2 is 1.86 bits per heavy atom. The van der Waals surface area contributed by atoms with Crippen molar-refractivity contribution in [2.24, 2.45) is 0 Å². The fourth-order valence-corrected chi connectivity index (χ4v) is 4.18. The SMILES string of the molecule is CCN(CC)CCNC(=O)C1=C(C)[NH2+]C(/C=C2\C(=O)Nc3cc(NC(C)=O)c(F)cc32)=C1C(F)(F)F. The van der Waals surface area contributed by atoms with Crippen LogP contribution in [0.2, 0.25) is 0 Å². The number of carbonyl (C=O) groups excluding carboxylic acids is 3. The minimum absolute atomic E-state index is 0.0452. The molecule has 0 bridgehead atoms. The number of likely N-dealkylation sites (N-methyl/N-ethyl adjacent to an activating group) is 1. The Labute approximate surface area is 205 Å². The van der Waals surface area contributed by atoms with E-state index in [4.69, 9.17) is 0 Å². The van der Waals surface area contributed by atoms with Crippen molar-refractivity contribution in [1.82, 2.24) is 10.2 Å². The highest BCUT2D eigenvalue weighted by atomic mass is 19.4. The third-order valence-corrected chi connectivity index (χ3v) is 5.92. The lowest BCUT2D eigenvalue weighted by atomic mass is 10.0. The van der Waals surface area contributed by atoms with Gasteiger partial charge in [-0.3, -0.25) is 19.7 Å². The molecule has 2 aliphatic rings. The maximum Gasteiger partial charge on any atom is 0.423 e. The van der Waals surface area contributed by atoms with E-state index in [2.05, 4.69) is 16.0 Å². The lowest BCUT2D eigenvalue weighted by Crippen LogP contribution is -2.77. The van der Waals surface area contributed by atoms with Gasteiger partial charge in [0.25, 0.3) is 11.8 Å². The molecular formula is C24H28F4N5O3+. The van der Waals surface area contributed by atoms with Gasteiger partial charge in [0, 0.05) is 38.6 Å². The zero-order valence-corrected chi connectivity index (χ0v) is 20.3. The second-order valence-corrected chi connectivity index (χ2v) is 8.38. The number of nitrogens with two attached hydrogens (primary N) is 1. The molecule has 3 rings (SSSR count). The molecule has 0 fully saturated rings. The number of hydrogen-bond acceptors (Lipinski definition) is 4. The highest BCUT2D eigenvalue weighted by Gasteiger charge is 2.48. The fraction of sp³-hybridized carbons (Fsp3) is 0.375. The molecule has 12 heteroatoms. The van der Waals surface area contributed by atoms with Crippen molar-refractivity contribution in [3.63, 3.8) is 0 Å². The van der Waals surface area contributed by atoms with Gasteiger partial charge in [-0.15, -0.1) is 0 Å². The monoisotopic (exact) mass is 510 g/mol. The molecule has 36 heavy (non-hydrogen) atoms. The first-order valence-corrected chi connectivity index (χ1v) is 11.4. The molecule has 1 aromatic carbocycles. The van der Waals surface area contributed by atoms with Crippen molar-refractivity contribution in [2.75, 3.05) is 36.8 Å². The molecule has 194 valence electrons. The second kappa shape index (κ2) is 10.6. The van der Waals surface area contributed by atoms with Gasteiger partial charge in [0.1, 0.15) is 28.4 Å². The summed E-state index contributed by atoms with van der Waals surface area (Å²) in [6.07, 6.45) is -3.88. The molecule has 5 N–H and O–H groups in total. The van der Waals surface area contributed by atoms with Crippen LogP contribution in [0.4, 0.5) is 28.9 Å². The largest absolute Gasteiger partial charge is 0.423 e. The van der Waals surface area contributed by atoms with Crippen molar-refractivity contribution in [1.29, 1.82) is 0 Å². The maximum atomic E-state index is 14.5. The van der Waals surface area contributed by atoms with Crippen LogP contribution in [0.25, 0.3) is 5.57 Å². The smallest absolute Gasteiger partial charge is 0.351 e. The summed E-state index contributed by atoms with van der Waals surface area (Å²) in [6, 6.07) is 2.16. The summed E-state index contributed by atoms with van der Waals surface area (Å²) in [5.41, 5.74) is -2.14. The number of allylic oxidation sites excluding steroid dienone is 2. The lowest BCUT2D eigenvalue weighted by Gasteiger charge is -2.18. The lowest BCUT2D eigenvalue weighted by molar-refractivity contribution is -0.546. The normalized spacial score (nSPS) is 16.7. The van der Waals surface area contributed by atoms with E-state index in [-0.39, 0.29) is 40.5 Å². The molecule has 3 amide bonds. The summed E-state index contributed by atoms with van der Waals surface area (Å²) < 4.78 is 56.9. The minimum atomic E-state index is -4.88. The van der Waals surface area contributed by atoms with Crippen molar-refractivity contribution in [3.8, 4) is 0 Å². The molecular weight excluding hydrogens is 482 g/mol. The molecule has 0 spiro atoms. The van der Waals surface area contributed by atoms with Crippen molar-refractivity contribution in [3.05, 3.63) is 52.1 Å². The van der Waals surface area contributed by atoms with Gasteiger partial charge in [0.05, 0.1) is 16.9 Å². The van der Waals surface area contributed by atoms with Gasteiger partial charge >= 0.3 is 6.18 Å². The molecule has 0 aliphatic carbocycles. The summed E-state index contributed by atoms with van der Waals surface area (Å²) in [4.78, 5) is 38.6. The van der Waals surface area contributed by atoms with E-state index >= 15 is 0 Å². The summed E-state index contributed by atoms with van der Waals surface area (Å²) in [7, 11) is 0. The molecule has 1 aromatic rings. The first-order valence-electron chi connectivity index (χ1n) is 11.4. The Bertz CT molecular complexity index is 1200. The molecule has 0 radical (unpaired) electrons. The summed E-state index contributed by atoms with van der Waals surface area (Å²) in [6.45, 7) is 8.59. The molecule has 0 atom stereocenters. The van der Waals surface area contributed by atoms with Gasteiger partial charge in [-0.25, -0.2) is 4.39 Å². The predicted molar refractivity (Wildman–Crippen MR) is 126 cm³/mol. The number of amides is 3. The highest BCUT2D eigenvalue weighted by Crippen LogP contribution is 2.39. The van der Waals surface area contributed by atoms with Gasteiger partial charge in [-0.05, 0) is 25.2 Å². The average Bonchev–Trinajstić information content (AvgIpc) is 3.27. The maximum absolute atomic E-state index is 14.5. The highest BCUT2D eigenvalue weighted by molar-refractivity contribution is 6.32. The third kappa shape index (κ3) is 5.65. The van der Waals surface area contributed by atoms with Crippen LogP contribution in [0, 0.1) is 5.82 Å². The Hall–Kier alpha value is -3.51. The molecule has 8 nitrogen and oxygen atoms in total. The van der Waals surface area contributed by atoms with Gasteiger partial charge in [-0.1, -0.05) is 13.8 Å². The summed E-state index contributed by atoms with van der Waals surface area (Å²) in [5.74, 6) is -2.98. The number of hydrogen-bond donors (Lipinski definition) is 4. The second-order valence-electron chi connectivity index (χ2n) is 8.38. The molecule has 2 heterocycles. The zero-order chi connectivity index (χ0) is 26.8. The van der Waals surface area contributed by atoms with E-state index in [1.165, 1.54) is 25.2 Å². The van der Waals surface area contributed by atoms with Crippen LogP contribution in [0.3, 0.4) is 0 Å². The minimum Gasteiger partial charge on any atom is -0.351 e. The van der Waals surface area contributed by atoms with Gasteiger partial charge < -0.3 is 20.9 Å². The van der Waals surface area contributed by atoms with Gasteiger partial charge in [0.2, 0.25) is 5.91 Å². The number of anilines is 2. The quantitative estimate of drug-likeness (QED) is 0.318. The number of carbonyl (C=O) groups is 3. The van der Waals surface area contributed by atoms with E-state index in [9.17, 15) is 31.9 Å². The van der Waals surface area contributed by atoms with Crippen LogP contribution in [-0.2, 0) is 14.4 Å². The van der Waals surface area contributed by atoms with E-state index in [1.54, 1.807) is 0 Å². The van der Waals surface area contributed by atoms with E-state index in [0.29, 0.717) is 6.54 Å². The molecule has 0 unspecified atom stereocenters. The van der Waals surface area contributed by atoms with Crippen LogP contribution in [0.15, 0.2) is 40.7 Å². The number of halogens is 4. The number of benzene rings is 1. The number of quaternary nitrogens is 1. The topological polar surface area (TPSA) is 107 Å². The first kappa shape index (κ1) is 27.1. The summed E-state index contributed by atoms with van der Waals surface area (Å²) >= 11 is 0. The Morgan fingerprint density at radius 3 is 2.44 bits per heavy atom. The van der Waals surface area contributed by atoms with E-state index in [1.807, 2.05) is 18.7 Å². The number of alkyl halides is 3. The molecule has 0 saturated heterocycles. The van der Waals surface area contributed by atoms with Crippen LogP contribution in [0.5, 0.6) is 0 Å². The first-order chi connectivity index (χ1) is 16.9. The Morgan fingerprint density at radius 1 is 1.19 bits per heavy atom. The predicted octanol–water partition coefficient (Wildman–Crippen LogP) is 2.25. The van der Waals surface area contributed by atoms with Crippen LogP contribution < -0.4 is 21.3 Å². The molecule has 0 saturated carbocycles. The van der Waals surface area contributed by atoms with E-state index < -0.39 is 40.9 Å². The standard InChI is InChI=1S/C24H27F4N5O3/c1-5-33(6-2)8-7-29-23(36)20-12(3)30-19(21(20)24(26,27)28)10-15-14-9-16(25)18(31-13(4)34)11-17(14)32-22(15)35/h9-11,30H,5-8H2,1-4H3,(H,29,36)(H,31,34)(H,32,35)/p+1/b15-10-. The number of fused-ring (bicyclic) bond motifs is 1. The van der Waals surface area contributed by atoms with Crippen molar-refractivity contribution >= 4 is 34.7 Å². The van der Waals surface area contributed by atoms with Gasteiger partial charge in [0.15, 0.2) is 0 Å². The third-order valence-electron chi connectivity index (χ3n) is 5.92. The molecule has 2 aliphatic heterocycles. The summed E-state index contributed by atoms with van der Waals surface area (Å²) in [5, 5.41) is 8.48. The van der Waals surface area contributed by atoms with Crippen LogP contribution in [0.1, 0.15) is 33.3 Å². The van der Waals surface area contributed by atoms with Gasteiger partial charge in [-0.2, -0.15) is 13.2 Å². The number of nitrogens with one attached hydrogen (secondary N) is 3. The van der Waals surface area contributed by atoms with E-state index in [0.717, 1.165) is 25.2 Å². The fourth-order valence-electron chi connectivity index (χ4n) is 4.18. The van der Waals surface area contributed by atoms with Crippen molar-refractivity contribution in [2.45, 2.75) is 33.9 Å².